The van der Waals surface area contributed by atoms with Gasteiger partial charge in [0.05, 0.1) is 25.6 Å². The third-order valence-corrected chi connectivity index (χ3v) is 3.64. The monoisotopic (exact) mass is 436 g/mol. The Morgan fingerprint density at radius 1 is 0.767 bits per heavy atom. The number of aliphatic hydroxyl groups is 2. The highest BCUT2D eigenvalue weighted by molar-refractivity contribution is 5.96. The lowest BCUT2D eigenvalue weighted by atomic mass is 10.1. The van der Waals surface area contributed by atoms with Crippen molar-refractivity contribution >= 4 is 35.6 Å². The number of hydrogen-bond acceptors (Lipinski definition) is 9. The van der Waals surface area contributed by atoms with Crippen molar-refractivity contribution in [2.75, 3.05) is 6.61 Å². The first-order valence-electron chi connectivity index (χ1n) is 8.42. The summed E-state index contributed by atoms with van der Waals surface area (Å²) in [7, 11) is 0. The number of hydrogen-bond donors (Lipinski definition) is 9. The number of carbonyl (C=O) groups is 6. The van der Waals surface area contributed by atoms with Gasteiger partial charge in [0.1, 0.15) is 24.2 Å². The Labute approximate surface area is 169 Å². The molecule has 5 atom stereocenters. The maximum atomic E-state index is 12.2. The molecule has 0 spiro atoms. The van der Waals surface area contributed by atoms with Gasteiger partial charge >= 0.3 is 17.9 Å². The van der Waals surface area contributed by atoms with Crippen molar-refractivity contribution in [3.63, 3.8) is 0 Å². The number of nitrogens with two attached hydrogens (primary N) is 1. The smallest absolute Gasteiger partial charge is 0.326 e. The molecule has 0 rings (SSSR count). The van der Waals surface area contributed by atoms with Gasteiger partial charge in [0, 0.05) is 0 Å². The number of carboxylic acids is 3. The van der Waals surface area contributed by atoms with Crippen molar-refractivity contribution < 1.29 is 54.3 Å². The van der Waals surface area contributed by atoms with Crippen LogP contribution in [0.25, 0.3) is 0 Å². The molecule has 0 fully saturated rings. The summed E-state index contributed by atoms with van der Waals surface area (Å²) >= 11 is 0. The van der Waals surface area contributed by atoms with Crippen LogP contribution < -0.4 is 21.7 Å². The Morgan fingerprint density at radius 2 is 1.17 bits per heavy atom. The standard InChI is InChI=1S/C15H24N4O11/c1-5(21)11(16)14(28)19-8(4-20)13(27)17-6(2-9(22)23)12(26)18-7(15(29)30)3-10(24)25/h5-8,11,20-21H,2-4,16H2,1H3,(H,17,27)(H,18,26)(H,19,28)(H,22,23)(H,24,25)(H,29,30). The van der Waals surface area contributed by atoms with Gasteiger partial charge in [-0.05, 0) is 6.92 Å². The Balaban J connectivity index is 5.33. The zero-order valence-corrected chi connectivity index (χ0v) is 15.8. The molecule has 15 heteroatoms. The minimum atomic E-state index is -1.90. The van der Waals surface area contributed by atoms with Crippen LogP contribution >= 0.6 is 0 Å². The first-order valence-corrected chi connectivity index (χ1v) is 8.42. The summed E-state index contributed by atoms with van der Waals surface area (Å²) in [5.41, 5.74) is 5.38. The highest BCUT2D eigenvalue weighted by atomic mass is 16.4. The summed E-state index contributed by atoms with van der Waals surface area (Å²) in [4.78, 5) is 68.9. The molecule has 0 aliphatic heterocycles. The minimum Gasteiger partial charge on any atom is -0.481 e. The predicted molar refractivity (Wildman–Crippen MR) is 94.7 cm³/mol. The van der Waals surface area contributed by atoms with Crippen molar-refractivity contribution in [3.05, 3.63) is 0 Å². The second-order valence-corrected chi connectivity index (χ2v) is 6.17. The highest BCUT2D eigenvalue weighted by Crippen LogP contribution is 2.00. The molecule has 0 aliphatic rings. The van der Waals surface area contributed by atoms with E-state index in [-0.39, 0.29) is 0 Å². The number of aliphatic hydroxyl groups excluding tert-OH is 2. The van der Waals surface area contributed by atoms with Gasteiger partial charge in [-0.1, -0.05) is 0 Å². The fraction of sp³-hybridized carbons (Fsp3) is 0.600. The van der Waals surface area contributed by atoms with Crippen molar-refractivity contribution in [2.24, 2.45) is 5.73 Å². The first-order chi connectivity index (χ1) is 13.8. The third-order valence-electron chi connectivity index (χ3n) is 3.64. The SMILES string of the molecule is CC(O)C(N)C(=O)NC(CO)C(=O)NC(CC(=O)O)C(=O)NC(CC(=O)O)C(=O)O. The maximum Gasteiger partial charge on any atom is 0.326 e. The molecule has 170 valence electrons. The maximum absolute atomic E-state index is 12.2. The van der Waals surface area contributed by atoms with Crippen LogP contribution in [0.1, 0.15) is 19.8 Å². The fourth-order valence-electron chi connectivity index (χ4n) is 1.98. The van der Waals surface area contributed by atoms with E-state index in [1.54, 1.807) is 5.32 Å². The summed E-state index contributed by atoms with van der Waals surface area (Å²) < 4.78 is 0. The zero-order valence-electron chi connectivity index (χ0n) is 15.8. The van der Waals surface area contributed by atoms with Crippen molar-refractivity contribution in [1.29, 1.82) is 0 Å². The van der Waals surface area contributed by atoms with Gasteiger partial charge in [0.2, 0.25) is 17.7 Å². The zero-order chi connectivity index (χ0) is 23.6. The van der Waals surface area contributed by atoms with E-state index in [9.17, 15) is 39.0 Å². The van der Waals surface area contributed by atoms with Crippen LogP contribution in [0, 0.1) is 0 Å². The first kappa shape index (κ1) is 26.7. The third kappa shape index (κ3) is 9.26. The molecule has 15 nitrogen and oxygen atoms in total. The summed E-state index contributed by atoms with van der Waals surface area (Å²) in [6.07, 6.45) is -3.32. The van der Waals surface area contributed by atoms with Crippen LogP contribution in [0.5, 0.6) is 0 Å². The van der Waals surface area contributed by atoms with E-state index in [0.717, 1.165) is 0 Å². The van der Waals surface area contributed by atoms with Gasteiger partial charge in [-0.15, -0.1) is 0 Å². The molecule has 0 saturated heterocycles. The highest BCUT2D eigenvalue weighted by Gasteiger charge is 2.32. The van der Waals surface area contributed by atoms with Crippen LogP contribution in [0.4, 0.5) is 0 Å². The molecule has 0 radical (unpaired) electrons. The molecule has 0 aromatic heterocycles. The molecule has 0 saturated carbocycles. The molecular formula is C15H24N4O11. The topological polar surface area (TPSA) is 266 Å². The average Bonchev–Trinajstić information content (AvgIpc) is 2.62. The molecule has 5 unspecified atom stereocenters. The lowest BCUT2D eigenvalue weighted by Gasteiger charge is -2.23. The largest absolute Gasteiger partial charge is 0.481 e. The lowest BCUT2D eigenvalue weighted by Crippen LogP contribution is -2.59. The number of nitrogens with one attached hydrogen (secondary N) is 3. The summed E-state index contributed by atoms with van der Waals surface area (Å²) in [6.45, 7) is 0.212. The van der Waals surface area contributed by atoms with Crippen LogP contribution in [0.3, 0.4) is 0 Å². The van der Waals surface area contributed by atoms with E-state index in [4.69, 9.17) is 21.1 Å². The Hall–Kier alpha value is -3.30. The fourth-order valence-corrected chi connectivity index (χ4v) is 1.98. The predicted octanol–water partition coefficient (Wildman–Crippen LogP) is -4.82. The molecule has 0 aromatic carbocycles. The molecule has 3 amide bonds. The Kier molecular flexibility index (Phi) is 10.9. The molecular weight excluding hydrogens is 412 g/mol. The van der Waals surface area contributed by atoms with Gasteiger partial charge in [0.25, 0.3) is 0 Å². The Morgan fingerprint density at radius 3 is 1.57 bits per heavy atom. The van der Waals surface area contributed by atoms with Gasteiger partial charge in [-0.3, -0.25) is 24.0 Å². The van der Waals surface area contributed by atoms with E-state index < -0.39 is 85.3 Å². The number of aliphatic carboxylic acids is 3. The molecule has 0 bridgehead atoms. The van der Waals surface area contributed by atoms with Crippen LogP contribution in [-0.2, 0) is 28.8 Å². The van der Waals surface area contributed by atoms with Crippen molar-refractivity contribution in [1.82, 2.24) is 16.0 Å². The van der Waals surface area contributed by atoms with E-state index >= 15 is 0 Å². The number of rotatable bonds is 13. The number of carboxylic acid groups (broad SMARTS) is 3. The second kappa shape index (κ2) is 12.3. The van der Waals surface area contributed by atoms with Gasteiger partial charge in [-0.2, -0.15) is 0 Å². The quantitative estimate of drug-likeness (QED) is 0.132. The van der Waals surface area contributed by atoms with Crippen molar-refractivity contribution in [3.8, 4) is 0 Å². The Bertz CT molecular complexity index is 681. The van der Waals surface area contributed by atoms with E-state index in [1.807, 2.05) is 10.6 Å². The number of carbonyl (C=O) groups excluding carboxylic acids is 3. The average molecular weight is 436 g/mol. The van der Waals surface area contributed by atoms with E-state index in [2.05, 4.69) is 0 Å². The summed E-state index contributed by atoms with van der Waals surface area (Å²) in [6, 6.07) is -6.89. The van der Waals surface area contributed by atoms with Crippen molar-refractivity contribution in [2.45, 2.75) is 50.0 Å². The molecule has 0 aliphatic carbocycles. The van der Waals surface area contributed by atoms with Gasteiger partial charge in [-0.25, -0.2) is 4.79 Å². The molecule has 30 heavy (non-hydrogen) atoms. The molecule has 0 aromatic rings. The normalized spacial score (nSPS) is 15.6. The van der Waals surface area contributed by atoms with Gasteiger partial charge < -0.3 is 47.2 Å². The second-order valence-electron chi connectivity index (χ2n) is 6.17. The number of amides is 3. The minimum absolute atomic E-state index is 0.984. The molecule has 10 N–H and O–H groups in total. The van der Waals surface area contributed by atoms with Crippen LogP contribution in [0.2, 0.25) is 0 Å². The summed E-state index contributed by atoms with van der Waals surface area (Å²) in [5, 5.41) is 50.8. The van der Waals surface area contributed by atoms with Gasteiger partial charge in [0.15, 0.2) is 0 Å². The van der Waals surface area contributed by atoms with E-state index in [0.29, 0.717) is 0 Å². The van der Waals surface area contributed by atoms with E-state index in [1.165, 1.54) is 6.92 Å². The lowest BCUT2D eigenvalue weighted by molar-refractivity contribution is -0.148. The molecule has 0 heterocycles. The van der Waals surface area contributed by atoms with Crippen LogP contribution in [-0.4, -0.2) is 98.0 Å². The van der Waals surface area contributed by atoms with Crippen LogP contribution in [0.15, 0.2) is 0 Å². The summed E-state index contributed by atoms with van der Waals surface area (Å²) in [5.74, 6) is -8.39.